The van der Waals surface area contributed by atoms with Crippen molar-refractivity contribution in [3.05, 3.63) is 42.9 Å². The monoisotopic (exact) mass is 341 g/mol. The van der Waals surface area contributed by atoms with Gasteiger partial charge >= 0.3 is 5.69 Å². The van der Waals surface area contributed by atoms with Gasteiger partial charge in [0.1, 0.15) is 5.69 Å². The standard InChI is InChI=1S/C12H16BrN5O2/c1-4-18-9(10(13)7(2)15-18)6-17-11(19)8(14)5-16(3)12(17)20/h5H,4,6,14H2,1-3H3. The molecule has 0 aromatic carbocycles. The van der Waals surface area contributed by atoms with Gasteiger partial charge in [0.25, 0.3) is 5.56 Å². The zero-order valence-electron chi connectivity index (χ0n) is 11.6. The first kappa shape index (κ1) is 14.6. The van der Waals surface area contributed by atoms with E-state index >= 15 is 0 Å². The summed E-state index contributed by atoms with van der Waals surface area (Å²) in [4.78, 5) is 24.1. The lowest BCUT2D eigenvalue weighted by Gasteiger charge is -2.10. The lowest BCUT2D eigenvalue weighted by Crippen LogP contribution is -2.40. The van der Waals surface area contributed by atoms with Crippen LogP contribution in [-0.2, 0) is 20.1 Å². The Hall–Kier alpha value is -1.83. The molecule has 20 heavy (non-hydrogen) atoms. The van der Waals surface area contributed by atoms with Gasteiger partial charge in [0.05, 0.1) is 22.4 Å². The summed E-state index contributed by atoms with van der Waals surface area (Å²) >= 11 is 3.45. The van der Waals surface area contributed by atoms with Crippen molar-refractivity contribution < 1.29 is 0 Å². The number of halogens is 1. The maximum atomic E-state index is 12.1. The van der Waals surface area contributed by atoms with Gasteiger partial charge in [-0.25, -0.2) is 4.79 Å². The SMILES string of the molecule is CCn1nc(C)c(Br)c1Cn1c(=O)c(N)cn(C)c1=O. The van der Waals surface area contributed by atoms with E-state index in [9.17, 15) is 9.59 Å². The van der Waals surface area contributed by atoms with Crippen LogP contribution in [0.3, 0.4) is 0 Å². The van der Waals surface area contributed by atoms with Gasteiger partial charge in [0.15, 0.2) is 0 Å². The molecule has 0 aliphatic rings. The topological polar surface area (TPSA) is 87.8 Å². The van der Waals surface area contributed by atoms with Gasteiger partial charge in [0.2, 0.25) is 0 Å². The summed E-state index contributed by atoms with van der Waals surface area (Å²) in [7, 11) is 1.56. The summed E-state index contributed by atoms with van der Waals surface area (Å²) in [6.45, 7) is 4.59. The van der Waals surface area contributed by atoms with Crippen LogP contribution < -0.4 is 17.0 Å². The van der Waals surface area contributed by atoms with Crippen molar-refractivity contribution >= 4 is 21.6 Å². The average Bonchev–Trinajstić information content (AvgIpc) is 2.68. The first-order valence-electron chi connectivity index (χ1n) is 6.14. The summed E-state index contributed by atoms with van der Waals surface area (Å²) in [5.41, 5.74) is 6.37. The number of rotatable bonds is 3. The molecule has 2 heterocycles. The molecule has 0 bridgehead atoms. The van der Waals surface area contributed by atoms with Crippen LogP contribution in [0.15, 0.2) is 20.3 Å². The molecule has 2 aromatic rings. The Labute approximate surface area is 123 Å². The van der Waals surface area contributed by atoms with E-state index in [1.807, 2.05) is 13.8 Å². The molecule has 0 radical (unpaired) electrons. The minimum atomic E-state index is -0.485. The van der Waals surface area contributed by atoms with Crippen LogP contribution in [0.2, 0.25) is 0 Å². The van der Waals surface area contributed by atoms with Crippen LogP contribution in [-0.4, -0.2) is 18.9 Å². The quantitative estimate of drug-likeness (QED) is 0.878. The second kappa shape index (κ2) is 5.28. The third-order valence-electron chi connectivity index (χ3n) is 3.12. The van der Waals surface area contributed by atoms with Crippen LogP contribution in [0.4, 0.5) is 5.69 Å². The van der Waals surface area contributed by atoms with Crippen molar-refractivity contribution in [2.24, 2.45) is 7.05 Å². The van der Waals surface area contributed by atoms with Gasteiger partial charge in [-0.05, 0) is 29.8 Å². The maximum absolute atomic E-state index is 12.1. The van der Waals surface area contributed by atoms with E-state index in [0.29, 0.717) is 6.54 Å². The highest BCUT2D eigenvalue weighted by Gasteiger charge is 2.16. The van der Waals surface area contributed by atoms with Crippen LogP contribution >= 0.6 is 15.9 Å². The molecule has 2 N–H and O–H groups in total. The first-order valence-corrected chi connectivity index (χ1v) is 6.93. The van der Waals surface area contributed by atoms with Crippen LogP contribution in [0.25, 0.3) is 0 Å². The van der Waals surface area contributed by atoms with Crippen molar-refractivity contribution in [3.8, 4) is 0 Å². The van der Waals surface area contributed by atoms with E-state index in [2.05, 4.69) is 21.0 Å². The lowest BCUT2D eigenvalue weighted by molar-refractivity contribution is 0.567. The molecule has 0 aliphatic heterocycles. The van der Waals surface area contributed by atoms with E-state index < -0.39 is 11.2 Å². The molecule has 0 fully saturated rings. The summed E-state index contributed by atoms with van der Waals surface area (Å²) < 4.78 is 4.97. The van der Waals surface area contributed by atoms with E-state index in [1.54, 1.807) is 11.7 Å². The van der Waals surface area contributed by atoms with Gasteiger partial charge in [-0.2, -0.15) is 5.10 Å². The Balaban J connectivity index is 2.62. The highest BCUT2D eigenvalue weighted by Crippen LogP contribution is 2.21. The highest BCUT2D eigenvalue weighted by molar-refractivity contribution is 9.10. The van der Waals surface area contributed by atoms with E-state index in [-0.39, 0.29) is 12.2 Å². The van der Waals surface area contributed by atoms with Gasteiger partial charge < -0.3 is 10.3 Å². The third-order valence-corrected chi connectivity index (χ3v) is 4.15. The molecule has 0 saturated heterocycles. The molecule has 0 amide bonds. The molecule has 0 atom stereocenters. The second-order valence-electron chi connectivity index (χ2n) is 4.53. The predicted molar refractivity (Wildman–Crippen MR) is 79.8 cm³/mol. The van der Waals surface area contributed by atoms with Gasteiger partial charge in [0, 0.05) is 19.8 Å². The molecule has 8 heteroatoms. The molecular weight excluding hydrogens is 326 g/mol. The highest BCUT2D eigenvalue weighted by atomic mass is 79.9. The third kappa shape index (κ3) is 2.31. The largest absolute Gasteiger partial charge is 0.393 e. The molecule has 0 spiro atoms. The van der Waals surface area contributed by atoms with Crippen molar-refractivity contribution in [3.63, 3.8) is 0 Å². The van der Waals surface area contributed by atoms with Crippen molar-refractivity contribution in [1.29, 1.82) is 0 Å². The Morgan fingerprint density at radius 1 is 1.40 bits per heavy atom. The Bertz CT molecular complexity index is 737. The van der Waals surface area contributed by atoms with Crippen LogP contribution in [0.1, 0.15) is 18.3 Å². The minimum Gasteiger partial charge on any atom is -0.393 e. The second-order valence-corrected chi connectivity index (χ2v) is 5.32. The zero-order valence-corrected chi connectivity index (χ0v) is 13.1. The number of nitrogen functional groups attached to an aromatic ring is 1. The fraction of sp³-hybridized carbons (Fsp3) is 0.417. The number of hydrogen-bond acceptors (Lipinski definition) is 4. The smallest absolute Gasteiger partial charge is 0.331 e. The van der Waals surface area contributed by atoms with Gasteiger partial charge in [-0.1, -0.05) is 0 Å². The minimum absolute atomic E-state index is 0.0440. The first-order chi connectivity index (χ1) is 9.36. The predicted octanol–water partition coefficient (Wildman–Crippen LogP) is 0.465. The Kier molecular flexibility index (Phi) is 3.85. The number of aryl methyl sites for hydroxylation is 3. The molecule has 2 aromatic heterocycles. The molecule has 0 aliphatic carbocycles. The Morgan fingerprint density at radius 3 is 2.65 bits per heavy atom. The number of anilines is 1. The number of aromatic nitrogens is 4. The maximum Gasteiger partial charge on any atom is 0.331 e. The van der Waals surface area contributed by atoms with E-state index in [1.165, 1.54) is 10.8 Å². The van der Waals surface area contributed by atoms with E-state index in [0.717, 1.165) is 20.4 Å². The summed E-state index contributed by atoms with van der Waals surface area (Å²) in [5, 5.41) is 4.34. The summed E-state index contributed by atoms with van der Waals surface area (Å²) in [6.07, 6.45) is 1.33. The lowest BCUT2D eigenvalue weighted by atomic mass is 10.3. The zero-order chi connectivity index (χ0) is 15.0. The van der Waals surface area contributed by atoms with Gasteiger partial charge in [-0.3, -0.25) is 14.0 Å². The van der Waals surface area contributed by atoms with Crippen LogP contribution in [0, 0.1) is 6.92 Å². The molecule has 108 valence electrons. The normalized spacial score (nSPS) is 11.0. The molecule has 0 saturated carbocycles. The van der Waals surface area contributed by atoms with Crippen molar-refractivity contribution in [1.82, 2.24) is 18.9 Å². The summed E-state index contributed by atoms with van der Waals surface area (Å²) in [5.74, 6) is 0. The van der Waals surface area contributed by atoms with Crippen molar-refractivity contribution in [2.75, 3.05) is 5.73 Å². The number of hydrogen-bond donors (Lipinski definition) is 1. The molecule has 7 nitrogen and oxygen atoms in total. The van der Waals surface area contributed by atoms with Gasteiger partial charge in [-0.15, -0.1) is 0 Å². The van der Waals surface area contributed by atoms with Crippen LogP contribution in [0.5, 0.6) is 0 Å². The molecule has 2 rings (SSSR count). The fourth-order valence-corrected chi connectivity index (χ4v) is 2.47. The van der Waals surface area contributed by atoms with E-state index in [4.69, 9.17) is 5.73 Å². The fourth-order valence-electron chi connectivity index (χ4n) is 2.06. The molecule has 0 unspecified atom stereocenters. The average molecular weight is 342 g/mol. The summed E-state index contributed by atoms with van der Waals surface area (Å²) in [6, 6.07) is 0. The molecular formula is C12H16BrN5O2. The number of nitrogens with two attached hydrogens (primary N) is 1. The Morgan fingerprint density at radius 2 is 2.05 bits per heavy atom. The van der Waals surface area contributed by atoms with Crippen molar-refractivity contribution in [2.45, 2.75) is 26.9 Å². The number of nitrogens with zero attached hydrogens (tertiary/aromatic N) is 4.